The first-order valence-electron chi connectivity index (χ1n) is 8.76. The Morgan fingerprint density at radius 1 is 1.28 bits per heavy atom. The van der Waals surface area contributed by atoms with Crippen LogP contribution in [0.1, 0.15) is 46.9 Å². The summed E-state index contributed by atoms with van der Waals surface area (Å²) in [6.45, 7) is 5.83. The van der Waals surface area contributed by atoms with Crippen molar-refractivity contribution in [1.82, 2.24) is 9.88 Å². The van der Waals surface area contributed by atoms with E-state index in [1.165, 1.54) is 16.7 Å². The molecule has 1 aromatic carbocycles. The molecule has 0 spiro atoms. The average Bonchev–Trinajstić information content (AvgIpc) is 3.39. The van der Waals surface area contributed by atoms with Gasteiger partial charge in [0.15, 0.2) is 0 Å². The van der Waals surface area contributed by atoms with Crippen LogP contribution in [0.25, 0.3) is 0 Å². The van der Waals surface area contributed by atoms with Crippen LogP contribution in [-0.2, 0) is 6.54 Å². The van der Waals surface area contributed by atoms with Gasteiger partial charge in [0.25, 0.3) is 0 Å². The van der Waals surface area contributed by atoms with Gasteiger partial charge in [-0.1, -0.05) is 24.3 Å². The third kappa shape index (κ3) is 4.21. The van der Waals surface area contributed by atoms with Crippen molar-refractivity contribution in [2.75, 3.05) is 6.54 Å². The van der Waals surface area contributed by atoms with Crippen molar-refractivity contribution in [2.24, 2.45) is 0 Å². The van der Waals surface area contributed by atoms with Crippen LogP contribution in [0.5, 0.6) is 0 Å². The van der Waals surface area contributed by atoms with Crippen molar-refractivity contribution in [3.05, 3.63) is 65.0 Å². The van der Waals surface area contributed by atoms with Crippen LogP contribution in [0, 0.1) is 25.2 Å². The summed E-state index contributed by atoms with van der Waals surface area (Å²) in [5.74, 6) is 0. The number of aromatic nitrogens is 1. The molecule has 1 saturated carbocycles. The Hall–Kier alpha value is -1.89. The molecular weight excluding hydrogens is 330 g/mol. The predicted molar refractivity (Wildman–Crippen MR) is 101 cm³/mol. The van der Waals surface area contributed by atoms with E-state index in [9.17, 15) is 5.26 Å². The zero-order valence-corrected chi connectivity index (χ0v) is 15.6. The minimum absolute atomic E-state index is 0.0110. The van der Waals surface area contributed by atoms with Crippen molar-refractivity contribution in [3.63, 3.8) is 0 Å². The first-order valence-corrected chi connectivity index (χ1v) is 9.20. The van der Waals surface area contributed by atoms with E-state index in [1.807, 2.05) is 18.3 Å². The Morgan fingerprint density at radius 3 is 2.68 bits per heavy atom. The molecule has 1 heterocycles. The lowest BCUT2D eigenvalue weighted by Gasteiger charge is -2.32. The van der Waals surface area contributed by atoms with E-state index in [1.54, 1.807) is 6.20 Å². The van der Waals surface area contributed by atoms with Crippen molar-refractivity contribution in [1.29, 1.82) is 5.26 Å². The van der Waals surface area contributed by atoms with E-state index in [0.717, 1.165) is 31.5 Å². The van der Waals surface area contributed by atoms with Gasteiger partial charge in [-0.25, -0.2) is 0 Å². The fourth-order valence-corrected chi connectivity index (χ4v) is 3.60. The van der Waals surface area contributed by atoms with Crippen molar-refractivity contribution < 1.29 is 0 Å². The molecular formula is C21H24ClN3. The minimum Gasteiger partial charge on any atom is -0.291 e. The number of aryl methyl sites for hydroxylation is 2. The molecule has 1 unspecified atom stereocenters. The summed E-state index contributed by atoms with van der Waals surface area (Å²) >= 11 is 6.69. The number of hydrogen-bond acceptors (Lipinski definition) is 3. The van der Waals surface area contributed by atoms with Crippen molar-refractivity contribution in [3.8, 4) is 6.07 Å². The highest BCUT2D eigenvalue weighted by molar-refractivity contribution is 6.21. The zero-order valence-electron chi connectivity index (χ0n) is 14.9. The normalized spacial score (nSPS) is 16.4. The Balaban J connectivity index is 1.80. The predicted octanol–water partition coefficient (Wildman–Crippen LogP) is 4.93. The molecule has 1 aliphatic rings. The van der Waals surface area contributed by atoms with Gasteiger partial charge in [0.1, 0.15) is 0 Å². The first kappa shape index (κ1) is 17.9. The second-order valence-corrected chi connectivity index (χ2v) is 7.64. The van der Waals surface area contributed by atoms with E-state index < -0.39 is 0 Å². The van der Waals surface area contributed by atoms with Crippen LogP contribution in [0.3, 0.4) is 0 Å². The third-order valence-corrected chi connectivity index (χ3v) is 5.67. The first-order chi connectivity index (χ1) is 12.0. The van der Waals surface area contributed by atoms with Crippen LogP contribution in [0.4, 0.5) is 0 Å². The summed E-state index contributed by atoms with van der Waals surface area (Å²) in [5, 5.41) is 9.14. The van der Waals surface area contributed by atoms with E-state index in [0.29, 0.717) is 6.42 Å². The molecule has 0 N–H and O–H groups in total. The van der Waals surface area contributed by atoms with Crippen molar-refractivity contribution >= 4 is 11.6 Å². The Labute approximate surface area is 155 Å². The van der Waals surface area contributed by atoms with Gasteiger partial charge in [0.05, 0.1) is 17.9 Å². The van der Waals surface area contributed by atoms with Crippen LogP contribution in [0.2, 0.25) is 0 Å². The van der Waals surface area contributed by atoms with Gasteiger partial charge >= 0.3 is 0 Å². The summed E-state index contributed by atoms with van der Waals surface area (Å²) in [6.07, 6.45) is 6.30. The standard InChI is InChI=1S/C21H24ClN3/c1-16-5-6-18(12-17(16)2)14-25(21(7-8-21)9-10-23)15-20(22)19-4-3-11-24-13-19/h3-6,11-13,20H,7-9,14-15H2,1-2H3. The summed E-state index contributed by atoms with van der Waals surface area (Å²) in [4.78, 5) is 6.58. The molecule has 1 aromatic heterocycles. The molecule has 2 aromatic rings. The fourth-order valence-electron chi connectivity index (χ4n) is 3.30. The van der Waals surface area contributed by atoms with Gasteiger partial charge in [-0.3, -0.25) is 9.88 Å². The number of pyridine rings is 1. The van der Waals surface area contributed by atoms with Gasteiger partial charge < -0.3 is 0 Å². The second kappa shape index (κ2) is 7.56. The van der Waals surface area contributed by atoms with Gasteiger partial charge in [0.2, 0.25) is 0 Å². The lowest BCUT2D eigenvalue weighted by atomic mass is 10.0. The largest absolute Gasteiger partial charge is 0.291 e. The summed E-state index contributed by atoms with van der Waals surface area (Å²) < 4.78 is 0. The zero-order chi connectivity index (χ0) is 17.9. The third-order valence-electron chi connectivity index (χ3n) is 5.28. The number of benzene rings is 1. The molecule has 130 valence electrons. The molecule has 0 radical (unpaired) electrons. The number of halogens is 1. The van der Waals surface area contributed by atoms with Gasteiger partial charge in [-0.15, -0.1) is 11.6 Å². The topological polar surface area (TPSA) is 39.9 Å². The molecule has 25 heavy (non-hydrogen) atoms. The van der Waals surface area contributed by atoms with Gasteiger partial charge in [-0.2, -0.15) is 5.26 Å². The van der Waals surface area contributed by atoms with E-state index in [-0.39, 0.29) is 10.9 Å². The number of hydrogen-bond donors (Lipinski definition) is 0. The monoisotopic (exact) mass is 353 g/mol. The maximum Gasteiger partial charge on any atom is 0.0727 e. The molecule has 3 nitrogen and oxygen atoms in total. The number of nitrogens with zero attached hydrogens (tertiary/aromatic N) is 3. The second-order valence-electron chi connectivity index (χ2n) is 7.11. The lowest BCUT2D eigenvalue weighted by molar-refractivity contribution is 0.169. The molecule has 1 fully saturated rings. The number of rotatable bonds is 7. The smallest absolute Gasteiger partial charge is 0.0727 e. The van der Waals surface area contributed by atoms with Crippen LogP contribution in [-0.4, -0.2) is 22.0 Å². The van der Waals surface area contributed by atoms with Crippen LogP contribution < -0.4 is 0 Å². The fraction of sp³-hybridized carbons (Fsp3) is 0.429. The quantitative estimate of drug-likeness (QED) is 0.663. The molecule has 0 saturated heterocycles. The molecule has 3 rings (SSSR count). The summed E-state index contributed by atoms with van der Waals surface area (Å²) in [7, 11) is 0. The molecule has 0 aliphatic heterocycles. The van der Waals surface area contributed by atoms with E-state index in [4.69, 9.17) is 11.6 Å². The van der Waals surface area contributed by atoms with Crippen LogP contribution >= 0.6 is 11.6 Å². The molecule has 1 aliphatic carbocycles. The molecule has 0 amide bonds. The SMILES string of the molecule is Cc1ccc(CN(CC(Cl)c2cccnc2)C2(CC#N)CC2)cc1C. The lowest BCUT2D eigenvalue weighted by Crippen LogP contribution is -2.38. The van der Waals surface area contributed by atoms with E-state index >= 15 is 0 Å². The van der Waals surface area contributed by atoms with Gasteiger partial charge in [0, 0.05) is 31.0 Å². The highest BCUT2D eigenvalue weighted by atomic mass is 35.5. The summed E-state index contributed by atoms with van der Waals surface area (Å²) in [6, 6.07) is 12.9. The molecule has 0 bridgehead atoms. The average molecular weight is 354 g/mol. The number of alkyl halides is 1. The maximum absolute atomic E-state index is 9.27. The van der Waals surface area contributed by atoms with Crippen molar-refractivity contribution in [2.45, 2.75) is 50.6 Å². The highest BCUT2D eigenvalue weighted by Gasteiger charge is 2.48. The number of nitriles is 1. The molecule has 1 atom stereocenters. The Morgan fingerprint density at radius 2 is 2.08 bits per heavy atom. The summed E-state index contributed by atoms with van der Waals surface area (Å²) in [5.41, 5.74) is 4.91. The Kier molecular flexibility index (Phi) is 5.42. The van der Waals surface area contributed by atoms with Gasteiger partial charge in [-0.05, 0) is 55.0 Å². The Bertz CT molecular complexity index is 762. The minimum atomic E-state index is -0.128. The van der Waals surface area contributed by atoms with E-state index in [2.05, 4.69) is 48.0 Å². The highest BCUT2D eigenvalue weighted by Crippen LogP contribution is 2.46. The van der Waals surface area contributed by atoms with Crippen LogP contribution in [0.15, 0.2) is 42.7 Å². The molecule has 4 heteroatoms. The maximum atomic E-state index is 9.27.